The Hall–Kier alpha value is -2.02. The SMILES string of the molecule is Cc1nc(CSCC(=O)Nc2ccccc2NC23CC4CC(CC(C4)C2)C3)no1. The molecule has 4 aliphatic rings. The number of nitrogens with zero attached hydrogens (tertiary/aromatic N) is 2. The van der Waals surface area contributed by atoms with Crippen LogP contribution in [0.3, 0.4) is 0 Å². The maximum absolute atomic E-state index is 12.5. The molecule has 1 heterocycles. The molecule has 4 bridgehead atoms. The molecule has 7 heteroatoms. The zero-order chi connectivity index (χ0) is 19.8. The summed E-state index contributed by atoms with van der Waals surface area (Å²) in [5.74, 6) is 4.77. The average Bonchev–Trinajstić information content (AvgIpc) is 3.07. The molecule has 29 heavy (non-hydrogen) atoms. The fourth-order valence-electron chi connectivity index (χ4n) is 6.07. The van der Waals surface area contributed by atoms with Crippen molar-refractivity contribution in [2.45, 2.75) is 56.7 Å². The quantitative estimate of drug-likeness (QED) is 0.690. The number of thioether (sulfide) groups is 1. The van der Waals surface area contributed by atoms with Gasteiger partial charge in [-0.1, -0.05) is 17.3 Å². The molecular formula is C22H28N4O2S. The number of carbonyl (C=O) groups excluding carboxylic acids is 1. The molecule has 6 nitrogen and oxygen atoms in total. The molecule has 2 aromatic rings. The molecule has 0 unspecified atom stereocenters. The Bertz CT molecular complexity index is 861. The van der Waals surface area contributed by atoms with Gasteiger partial charge in [0.1, 0.15) is 0 Å². The fraction of sp³-hybridized carbons (Fsp3) is 0.591. The van der Waals surface area contributed by atoms with Crippen molar-refractivity contribution in [3.8, 4) is 0 Å². The van der Waals surface area contributed by atoms with Gasteiger partial charge in [0.05, 0.1) is 22.9 Å². The highest BCUT2D eigenvalue weighted by atomic mass is 32.2. The number of aromatic nitrogens is 2. The minimum Gasteiger partial charge on any atom is -0.378 e. The average molecular weight is 413 g/mol. The maximum atomic E-state index is 12.5. The summed E-state index contributed by atoms with van der Waals surface area (Å²) in [5.41, 5.74) is 2.16. The van der Waals surface area contributed by atoms with Crippen LogP contribution in [0.5, 0.6) is 0 Å². The molecule has 1 aromatic carbocycles. The van der Waals surface area contributed by atoms with Crippen LogP contribution in [-0.2, 0) is 10.5 Å². The first-order valence-corrected chi connectivity index (χ1v) is 11.8. The van der Waals surface area contributed by atoms with E-state index in [2.05, 4.69) is 26.8 Å². The molecule has 2 N–H and O–H groups in total. The standard InChI is InChI=1S/C22H28N4O2S/c1-14-23-20(26-28-14)12-29-13-21(27)24-18-4-2-3-5-19(18)25-22-9-15-6-16(10-22)8-17(7-15)11-22/h2-5,15-17,25H,6-13H2,1H3,(H,24,27). The minimum absolute atomic E-state index is 0.00465. The Balaban J connectivity index is 1.21. The molecular weight excluding hydrogens is 384 g/mol. The number of amides is 1. The molecule has 0 spiro atoms. The second-order valence-corrected chi connectivity index (χ2v) is 10.1. The lowest BCUT2D eigenvalue weighted by Gasteiger charge is -2.57. The van der Waals surface area contributed by atoms with E-state index in [0.717, 1.165) is 29.1 Å². The number of para-hydroxylation sites is 2. The van der Waals surface area contributed by atoms with Gasteiger partial charge in [0, 0.05) is 12.5 Å². The van der Waals surface area contributed by atoms with Crippen LogP contribution in [-0.4, -0.2) is 27.3 Å². The van der Waals surface area contributed by atoms with Gasteiger partial charge in [-0.15, -0.1) is 11.8 Å². The van der Waals surface area contributed by atoms with Gasteiger partial charge in [-0.25, -0.2) is 0 Å². The summed E-state index contributed by atoms with van der Waals surface area (Å²) >= 11 is 1.49. The van der Waals surface area contributed by atoms with Crippen LogP contribution in [0.25, 0.3) is 0 Å². The van der Waals surface area contributed by atoms with Crippen LogP contribution in [0.15, 0.2) is 28.8 Å². The maximum Gasteiger partial charge on any atom is 0.234 e. The molecule has 0 radical (unpaired) electrons. The number of aryl methyl sites for hydroxylation is 1. The van der Waals surface area contributed by atoms with Crippen LogP contribution in [0.2, 0.25) is 0 Å². The Morgan fingerprint density at radius 2 is 1.79 bits per heavy atom. The largest absolute Gasteiger partial charge is 0.378 e. The summed E-state index contributed by atoms with van der Waals surface area (Å²) < 4.78 is 4.97. The summed E-state index contributed by atoms with van der Waals surface area (Å²) in [6, 6.07) is 8.12. The number of hydrogen-bond acceptors (Lipinski definition) is 6. The van der Waals surface area contributed by atoms with E-state index in [4.69, 9.17) is 4.52 Å². The van der Waals surface area contributed by atoms with Gasteiger partial charge in [-0.05, 0) is 68.4 Å². The predicted molar refractivity (Wildman–Crippen MR) is 115 cm³/mol. The summed E-state index contributed by atoms with van der Waals surface area (Å²) in [5, 5.41) is 10.9. The summed E-state index contributed by atoms with van der Waals surface area (Å²) in [6.45, 7) is 1.77. The lowest BCUT2D eigenvalue weighted by molar-refractivity contribution is -0.113. The predicted octanol–water partition coefficient (Wildman–Crippen LogP) is 4.63. The lowest BCUT2D eigenvalue weighted by Crippen LogP contribution is -2.54. The van der Waals surface area contributed by atoms with E-state index < -0.39 is 0 Å². The van der Waals surface area contributed by atoms with Crippen molar-refractivity contribution in [2.24, 2.45) is 17.8 Å². The van der Waals surface area contributed by atoms with Crippen LogP contribution in [0.1, 0.15) is 50.2 Å². The van der Waals surface area contributed by atoms with E-state index in [1.165, 1.54) is 50.3 Å². The first-order valence-electron chi connectivity index (χ1n) is 10.6. The van der Waals surface area contributed by atoms with E-state index in [9.17, 15) is 4.79 Å². The van der Waals surface area contributed by atoms with Crippen molar-refractivity contribution >= 4 is 29.0 Å². The van der Waals surface area contributed by atoms with Gasteiger partial charge in [-0.2, -0.15) is 4.98 Å². The van der Waals surface area contributed by atoms with E-state index in [0.29, 0.717) is 23.2 Å². The Labute approximate surface area is 175 Å². The van der Waals surface area contributed by atoms with E-state index in [1.54, 1.807) is 6.92 Å². The van der Waals surface area contributed by atoms with Gasteiger partial charge in [-0.3, -0.25) is 4.79 Å². The third-order valence-corrected chi connectivity index (χ3v) is 7.60. The summed E-state index contributed by atoms with van der Waals surface area (Å²) in [4.78, 5) is 16.7. The molecule has 1 amide bonds. The third-order valence-electron chi connectivity index (χ3n) is 6.67. The van der Waals surface area contributed by atoms with Gasteiger partial charge >= 0.3 is 0 Å². The highest BCUT2D eigenvalue weighted by molar-refractivity contribution is 7.99. The molecule has 0 atom stereocenters. The van der Waals surface area contributed by atoms with Crippen molar-refractivity contribution in [3.63, 3.8) is 0 Å². The Kier molecular flexibility index (Phi) is 5.02. The number of carbonyl (C=O) groups is 1. The number of benzene rings is 1. The molecule has 0 aliphatic heterocycles. The van der Waals surface area contributed by atoms with Gasteiger partial charge in [0.2, 0.25) is 11.8 Å². The third kappa shape index (κ3) is 4.15. The minimum atomic E-state index is -0.00465. The smallest absolute Gasteiger partial charge is 0.234 e. The first-order chi connectivity index (χ1) is 14.1. The van der Waals surface area contributed by atoms with Crippen molar-refractivity contribution in [1.82, 2.24) is 10.1 Å². The number of anilines is 2. The summed E-state index contributed by atoms with van der Waals surface area (Å²) in [6.07, 6.45) is 8.12. The zero-order valence-corrected chi connectivity index (χ0v) is 17.6. The normalized spacial score (nSPS) is 29.8. The van der Waals surface area contributed by atoms with Crippen LogP contribution >= 0.6 is 11.8 Å². The number of nitrogens with one attached hydrogen (secondary N) is 2. The number of hydrogen-bond donors (Lipinski definition) is 2. The lowest BCUT2D eigenvalue weighted by atomic mass is 9.53. The van der Waals surface area contributed by atoms with Crippen molar-refractivity contribution in [3.05, 3.63) is 36.0 Å². The Morgan fingerprint density at radius 3 is 2.41 bits per heavy atom. The first kappa shape index (κ1) is 19.0. The van der Waals surface area contributed by atoms with E-state index >= 15 is 0 Å². The van der Waals surface area contributed by atoms with Crippen LogP contribution in [0.4, 0.5) is 11.4 Å². The highest BCUT2D eigenvalue weighted by Gasteiger charge is 2.51. The molecule has 0 saturated heterocycles. The van der Waals surface area contributed by atoms with Gasteiger partial charge < -0.3 is 15.2 Å². The van der Waals surface area contributed by atoms with Crippen LogP contribution < -0.4 is 10.6 Å². The topological polar surface area (TPSA) is 80.0 Å². The molecule has 4 aliphatic carbocycles. The van der Waals surface area contributed by atoms with Crippen molar-refractivity contribution < 1.29 is 9.32 Å². The monoisotopic (exact) mass is 412 g/mol. The fourth-order valence-corrected chi connectivity index (χ4v) is 6.73. The van der Waals surface area contributed by atoms with Crippen LogP contribution in [0, 0.1) is 24.7 Å². The zero-order valence-electron chi connectivity index (χ0n) is 16.8. The second kappa shape index (κ2) is 7.67. The van der Waals surface area contributed by atoms with Gasteiger partial charge in [0.15, 0.2) is 5.82 Å². The van der Waals surface area contributed by atoms with Gasteiger partial charge in [0.25, 0.3) is 0 Å². The Morgan fingerprint density at radius 1 is 1.14 bits per heavy atom. The highest BCUT2D eigenvalue weighted by Crippen LogP contribution is 2.56. The molecule has 4 fully saturated rings. The summed E-state index contributed by atoms with van der Waals surface area (Å²) in [7, 11) is 0. The number of rotatable bonds is 7. The van der Waals surface area contributed by atoms with Crippen molar-refractivity contribution in [1.29, 1.82) is 0 Å². The molecule has 4 saturated carbocycles. The second-order valence-electron chi connectivity index (χ2n) is 9.14. The van der Waals surface area contributed by atoms with E-state index in [-0.39, 0.29) is 11.4 Å². The molecule has 1 aromatic heterocycles. The molecule has 154 valence electrons. The molecule has 6 rings (SSSR count). The van der Waals surface area contributed by atoms with E-state index in [1.807, 2.05) is 18.2 Å². The van der Waals surface area contributed by atoms with Crippen molar-refractivity contribution in [2.75, 3.05) is 16.4 Å².